The van der Waals surface area contributed by atoms with E-state index in [1.807, 2.05) is 0 Å². The lowest BCUT2D eigenvalue weighted by Gasteiger charge is -2.56. The first-order chi connectivity index (χ1) is 8.80. The molecule has 0 N–H and O–H groups in total. The van der Waals surface area contributed by atoms with E-state index in [-0.39, 0.29) is 0 Å². The van der Waals surface area contributed by atoms with Crippen molar-refractivity contribution in [2.24, 2.45) is 5.41 Å². The average molecular weight is 259 g/mol. The van der Waals surface area contributed by atoms with Crippen LogP contribution in [-0.4, -0.2) is 23.1 Å². The number of aromatic nitrogens is 2. The molecular weight excluding hydrogens is 242 g/mol. The van der Waals surface area contributed by atoms with Crippen LogP contribution in [-0.2, 0) is 6.42 Å². The first-order valence-corrected chi connectivity index (χ1v) is 7.60. The van der Waals surface area contributed by atoms with Crippen LogP contribution in [0.2, 0.25) is 0 Å². The Balaban J connectivity index is 1.70. The van der Waals surface area contributed by atoms with Crippen molar-refractivity contribution in [3.63, 3.8) is 0 Å². The quantitative estimate of drug-likeness (QED) is 0.829. The molecule has 3 heterocycles. The number of anilines is 1. The topological polar surface area (TPSA) is 29.0 Å². The van der Waals surface area contributed by atoms with E-state index in [1.54, 1.807) is 17.7 Å². The number of thiophene rings is 1. The van der Waals surface area contributed by atoms with Crippen LogP contribution in [0.5, 0.6) is 0 Å². The summed E-state index contributed by atoms with van der Waals surface area (Å²) in [5.74, 6) is 1.16. The summed E-state index contributed by atoms with van der Waals surface area (Å²) < 4.78 is 0. The Morgan fingerprint density at radius 3 is 2.83 bits per heavy atom. The normalized spacial score (nSPS) is 21.1. The second-order valence-corrected chi connectivity index (χ2v) is 6.81. The van der Waals surface area contributed by atoms with Gasteiger partial charge in [-0.05, 0) is 25.3 Å². The molecule has 1 saturated carbocycles. The fourth-order valence-electron chi connectivity index (χ4n) is 3.23. The standard InChI is InChI=1S/C14H17N3S/c1-2-10-6-11-12(15-9-16-13(11)18-10)17-7-14(8-17)4-3-5-14/h6,9H,2-5,7-8H2,1H3. The van der Waals surface area contributed by atoms with E-state index >= 15 is 0 Å². The van der Waals surface area contributed by atoms with Gasteiger partial charge in [-0.2, -0.15) is 0 Å². The summed E-state index contributed by atoms with van der Waals surface area (Å²) in [6, 6.07) is 2.28. The van der Waals surface area contributed by atoms with Crippen molar-refractivity contribution in [1.29, 1.82) is 0 Å². The smallest absolute Gasteiger partial charge is 0.140 e. The lowest BCUT2D eigenvalue weighted by Crippen LogP contribution is -2.60. The average Bonchev–Trinajstić information content (AvgIpc) is 2.68. The van der Waals surface area contributed by atoms with Crippen LogP contribution in [0.4, 0.5) is 5.82 Å². The monoisotopic (exact) mass is 259 g/mol. The van der Waals surface area contributed by atoms with Gasteiger partial charge in [-0.3, -0.25) is 0 Å². The molecule has 2 aromatic rings. The van der Waals surface area contributed by atoms with Crippen molar-refractivity contribution >= 4 is 27.4 Å². The second-order valence-electron chi connectivity index (χ2n) is 5.69. The lowest BCUT2D eigenvalue weighted by molar-refractivity contribution is 0.0899. The largest absolute Gasteiger partial charge is 0.355 e. The van der Waals surface area contributed by atoms with Crippen LogP contribution in [0.1, 0.15) is 31.1 Å². The lowest BCUT2D eigenvalue weighted by atomic mass is 9.63. The SMILES string of the molecule is CCc1cc2c(N3CC4(CCC4)C3)ncnc2s1. The Morgan fingerprint density at radius 1 is 1.33 bits per heavy atom. The number of aryl methyl sites for hydroxylation is 1. The minimum Gasteiger partial charge on any atom is -0.355 e. The third kappa shape index (κ3) is 1.41. The van der Waals surface area contributed by atoms with E-state index in [1.165, 1.54) is 42.6 Å². The molecule has 18 heavy (non-hydrogen) atoms. The molecule has 0 amide bonds. The van der Waals surface area contributed by atoms with Crippen molar-refractivity contribution in [2.75, 3.05) is 18.0 Å². The molecule has 3 nitrogen and oxygen atoms in total. The number of nitrogens with zero attached hydrogens (tertiary/aromatic N) is 3. The molecule has 1 aliphatic carbocycles. The van der Waals surface area contributed by atoms with Gasteiger partial charge in [0, 0.05) is 23.4 Å². The van der Waals surface area contributed by atoms with Crippen molar-refractivity contribution in [2.45, 2.75) is 32.6 Å². The molecule has 4 rings (SSSR count). The molecule has 1 spiro atoms. The molecule has 4 heteroatoms. The van der Waals surface area contributed by atoms with Crippen LogP contribution in [0, 0.1) is 5.41 Å². The summed E-state index contributed by atoms with van der Waals surface area (Å²) >= 11 is 1.81. The zero-order chi connectivity index (χ0) is 12.2. The van der Waals surface area contributed by atoms with E-state index in [4.69, 9.17) is 0 Å². The van der Waals surface area contributed by atoms with Gasteiger partial charge in [0.1, 0.15) is 17.0 Å². The summed E-state index contributed by atoms with van der Waals surface area (Å²) in [4.78, 5) is 13.9. The summed E-state index contributed by atoms with van der Waals surface area (Å²) in [5, 5.41) is 1.26. The van der Waals surface area contributed by atoms with Gasteiger partial charge in [0.25, 0.3) is 0 Å². The maximum atomic E-state index is 4.52. The Kier molecular flexibility index (Phi) is 2.19. The van der Waals surface area contributed by atoms with Gasteiger partial charge in [0.2, 0.25) is 0 Å². The molecule has 0 radical (unpaired) electrons. The molecule has 2 aliphatic rings. The van der Waals surface area contributed by atoms with E-state index in [0.717, 1.165) is 17.1 Å². The van der Waals surface area contributed by atoms with Crippen molar-refractivity contribution in [3.05, 3.63) is 17.3 Å². The molecular formula is C14H17N3S. The molecule has 0 aromatic carbocycles. The third-order valence-corrected chi connectivity index (χ3v) is 5.66. The van der Waals surface area contributed by atoms with Crippen LogP contribution >= 0.6 is 11.3 Å². The van der Waals surface area contributed by atoms with Gasteiger partial charge in [0.15, 0.2) is 0 Å². The Bertz CT molecular complexity index is 592. The van der Waals surface area contributed by atoms with Crippen LogP contribution < -0.4 is 4.90 Å². The molecule has 2 aromatic heterocycles. The first-order valence-electron chi connectivity index (χ1n) is 6.78. The first kappa shape index (κ1) is 10.7. The van der Waals surface area contributed by atoms with Gasteiger partial charge in [-0.1, -0.05) is 13.3 Å². The number of hydrogen-bond donors (Lipinski definition) is 0. The zero-order valence-electron chi connectivity index (χ0n) is 10.6. The maximum absolute atomic E-state index is 4.52. The predicted molar refractivity (Wildman–Crippen MR) is 75.3 cm³/mol. The van der Waals surface area contributed by atoms with Crippen molar-refractivity contribution < 1.29 is 0 Å². The molecule has 0 bridgehead atoms. The number of rotatable bonds is 2. The van der Waals surface area contributed by atoms with Gasteiger partial charge >= 0.3 is 0 Å². The van der Waals surface area contributed by atoms with E-state index in [2.05, 4.69) is 27.9 Å². The maximum Gasteiger partial charge on any atom is 0.140 e. The van der Waals surface area contributed by atoms with Crippen LogP contribution in [0.3, 0.4) is 0 Å². The van der Waals surface area contributed by atoms with Crippen molar-refractivity contribution in [3.8, 4) is 0 Å². The minimum absolute atomic E-state index is 0.654. The summed E-state index contributed by atoms with van der Waals surface area (Å²) in [6.07, 6.45) is 7.07. The van der Waals surface area contributed by atoms with Crippen molar-refractivity contribution in [1.82, 2.24) is 9.97 Å². The third-order valence-electron chi connectivity index (χ3n) is 4.47. The molecule has 0 unspecified atom stereocenters. The van der Waals surface area contributed by atoms with E-state index in [0.29, 0.717) is 5.41 Å². The Morgan fingerprint density at radius 2 is 2.17 bits per heavy atom. The summed E-state index contributed by atoms with van der Waals surface area (Å²) in [7, 11) is 0. The van der Waals surface area contributed by atoms with E-state index in [9.17, 15) is 0 Å². The minimum atomic E-state index is 0.654. The molecule has 94 valence electrons. The molecule has 1 aliphatic heterocycles. The predicted octanol–water partition coefficient (Wildman–Crippen LogP) is 3.24. The van der Waals surface area contributed by atoms with Crippen LogP contribution in [0.25, 0.3) is 10.2 Å². The molecule has 2 fully saturated rings. The number of fused-ring (bicyclic) bond motifs is 1. The van der Waals surface area contributed by atoms with Gasteiger partial charge < -0.3 is 4.90 Å². The Labute approximate surface area is 111 Å². The highest BCUT2D eigenvalue weighted by Crippen LogP contribution is 2.50. The van der Waals surface area contributed by atoms with Gasteiger partial charge in [0.05, 0.1) is 5.39 Å². The Hall–Kier alpha value is -1.16. The van der Waals surface area contributed by atoms with Gasteiger partial charge in [-0.15, -0.1) is 11.3 Å². The highest BCUT2D eigenvalue weighted by atomic mass is 32.1. The number of hydrogen-bond acceptors (Lipinski definition) is 4. The van der Waals surface area contributed by atoms with Crippen LogP contribution in [0.15, 0.2) is 12.4 Å². The fourth-order valence-corrected chi connectivity index (χ4v) is 4.15. The fraction of sp³-hybridized carbons (Fsp3) is 0.571. The molecule has 1 saturated heterocycles. The highest BCUT2D eigenvalue weighted by Gasteiger charge is 2.48. The molecule has 0 atom stereocenters. The van der Waals surface area contributed by atoms with Gasteiger partial charge in [-0.25, -0.2) is 9.97 Å². The zero-order valence-corrected chi connectivity index (χ0v) is 11.5. The summed E-state index contributed by atoms with van der Waals surface area (Å²) in [5.41, 5.74) is 0.654. The highest BCUT2D eigenvalue weighted by molar-refractivity contribution is 7.18. The summed E-state index contributed by atoms with van der Waals surface area (Å²) in [6.45, 7) is 4.61. The second kappa shape index (κ2) is 3.67. The van der Waals surface area contributed by atoms with E-state index < -0.39 is 0 Å².